The number of halogens is 5. The Balaban J connectivity index is 1.72. The van der Waals surface area contributed by atoms with Gasteiger partial charge in [-0.1, -0.05) is 34.8 Å². The minimum atomic E-state index is -3.23. The van der Waals surface area contributed by atoms with Gasteiger partial charge < -0.3 is 10.6 Å². The summed E-state index contributed by atoms with van der Waals surface area (Å²) >= 11 is 30.9. The fourth-order valence-corrected chi connectivity index (χ4v) is 5.31. The zero-order valence-electron chi connectivity index (χ0n) is 16.5. The number of hydrogen-bond donors (Lipinski definition) is 2. The molecule has 172 valence electrons. The highest BCUT2D eigenvalue weighted by atomic mass is 35.5. The molecule has 0 spiro atoms. The van der Waals surface area contributed by atoms with Crippen LogP contribution in [0.3, 0.4) is 0 Å². The molecule has 2 N–H and O–H groups in total. The summed E-state index contributed by atoms with van der Waals surface area (Å²) in [6.07, 6.45) is 1.07. The van der Waals surface area contributed by atoms with E-state index in [9.17, 15) is 18.0 Å². The number of hydrogen-bond acceptors (Lipinski definition) is 4. The number of rotatable bonds is 7. The standard InChI is InChI=1S/C20H17Cl5N2O4S/c1-32(30,31)5-4-26-18(28)14-9-13(2-3-15(14)23)27-19(29)17-16(20(17,24)25)10-6-11(21)8-12(22)7-10/h2-3,6-9,16-17H,4-5H2,1H3,(H,26,28)(H,27,29)/t16-,17+/m1/s1. The lowest BCUT2D eigenvalue weighted by molar-refractivity contribution is -0.117. The third-order valence-corrected chi connectivity index (χ3v) is 7.47. The molecule has 0 heterocycles. The summed E-state index contributed by atoms with van der Waals surface area (Å²) in [5.41, 5.74) is 1.01. The van der Waals surface area contributed by atoms with Crippen LogP contribution in [0.15, 0.2) is 36.4 Å². The normalized spacial score (nSPS) is 19.3. The van der Waals surface area contributed by atoms with Gasteiger partial charge in [-0.05, 0) is 42.0 Å². The quantitative estimate of drug-likeness (QED) is 0.471. The SMILES string of the molecule is CS(=O)(=O)CCNC(=O)c1cc(NC(=O)[C@@H]2[C@@H](c3cc(Cl)cc(Cl)c3)C2(Cl)Cl)ccc1Cl. The highest BCUT2D eigenvalue weighted by molar-refractivity contribution is 7.90. The van der Waals surface area contributed by atoms with Crippen molar-refractivity contribution < 1.29 is 18.0 Å². The second kappa shape index (κ2) is 9.57. The van der Waals surface area contributed by atoms with Gasteiger partial charge in [0.05, 0.1) is 22.3 Å². The van der Waals surface area contributed by atoms with Gasteiger partial charge in [-0.15, -0.1) is 23.2 Å². The van der Waals surface area contributed by atoms with Gasteiger partial charge in [0.1, 0.15) is 14.2 Å². The van der Waals surface area contributed by atoms with Crippen LogP contribution in [0.1, 0.15) is 21.8 Å². The summed E-state index contributed by atoms with van der Waals surface area (Å²) < 4.78 is 21.1. The minimum absolute atomic E-state index is 0.0719. The smallest absolute Gasteiger partial charge is 0.252 e. The Morgan fingerprint density at radius 3 is 2.25 bits per heavy atom. The molecular weight excluding hydrogens is 542 g/mol. The summed E-state index contributed by atoms with van der Waals surface area (Å²) in [6, 6.07) is 9.19. The van der Waals surface area contributed by atoms with Crippen LogP contribution in [0.25, 0.3) is 0 Å². The Bertz CT molecular complexity index is 1170. The Morgan fingerprint density at radius 2 is 1.66 bits per heavy atom. The topological polar surface area (TPSA) is 92.3 Å². The van der Waals surface area contributed by atoms with Gasteiger partial charge in [-0.2, -0.15) is 0 Å². The molecule has 1 fully saturated rings. The zero-order valence-corrected chi connectivity index (χ0v) is 21.1. The molecule has 6 nitrogen and oxygen atoms in total. The maximum absolute atomic E-state index is 12.8. The van der Waals surface area contributed by atoms with Crippen LogP contribution >= 0.6 is 58.0 Å². The Labute approximate surface area is 210 Å². The van der Waals surface area contributed by atoms with Crippen molar-refractivity contribution in [3.63, 3.8) is 0 Å². The second-order valence-corrected chi connectivity index (χ2v) is 12.4. The first-order chi connectivity index (χ1) is 14.8. The molecule has 2 aromatic carbocycles. The van der Waals surface area contributed by atoms with Crippen LogP contribution in [-0.4, -0.2) is 43.1 Å². The number of benzene rings is 2. The van der Waals surface area contributed by atoms with Crippen LogP contribution in [0.4, 0.5) is 5.69 Å². The van der Waals surface area contributed by atoms with E-state index in [1.54, 1.807) is 18.2 Å². The lowest BCUT2D eigenvalue weighted by Crippen LogP contribution is -2.29. The van der Waals surface area contributed by atoms with Gasteiger partial charge in [-0.25, -0.2) is 8.42 Å². The van der Waals surface area contributed by atoms with Gasteiger partial charge in [0, 0.05) is 34.5 Å². The average molecular weight is 559 g/mol. The van der Waals surface area contributed by atoms with Gasteiger partial charge in [0.25, 0.3) is 5.91 Å². The van der Waals surface area contributed by atoms with Crippen molar-refractivity contribution in [3.8, 4) is 0 Å². The number of anilines is 1. The molecule has 32 heavy (non-hydrogen) atoms. The number of amides is 2. The summed E-state index contributed by atoms with van der Waals surface area (Å²) in [7, 11) is -3.23. The van der Waals surface area contributed by atoms with Crippen LogP contribution in [0.5, 0.6) is 0 Å². The molecule has 0 aromatic heterocycles. The van der Waals surface area contributed by atoms with Crippen molar-refractivity contribution in [1.82, 2.24) is 5.32 Å². The van der Waals surface area contributed by atoms with E-state index in [1.807, 2.05) is 0 Å². The Morgan fingerprint density at radius 1 is 1.03 bits per heavy atom. The number of nitrogens with one attached hydrogen (secondary N) is 2. The molecule has 0 aliphatic heterocycles. The highest BCUT2D eigenvalue weighted by Crippen LogP contribution is 2.65. The minimum Gasteiger partial charge on any atom is -0.351 e. The first-order valence-corrected chi connectivity index (χ1v) is 13.1. The molecule has 1 aliphatic carbocycles. The molecular formula is C20H17Cl5N2O4S. The van der Waals surface area contributed by atoms with E-state index in [0.29, 0.717) is 21.3 Å². The Kier molecular flexibility index (Phi) is 7.59. The van der Waals surface area contributed by atoms with Gasteiger partial charge in [0.2, 0.25) is 5.91 Å². The fraction of sp³-hybridized carbons (Fsp3) is 0.300. The highest BCUT2D eigenvalue weighted by Gasteiger charge is 2.67. The number of carbonyl (C=O) groups is 2. The van der Waals surface area contributed by atoms with E-state index in [0.717, 1.165) is 6.26 Å². The average Bonchev–Trinajstić information content (AvgIpc) is 3.23. The molecule has 2 amide bonds. The predicted octanol–water partition coefficient (Wildman–Crippen LogP) is 4.95. The number of sulfone groups is 1. The monoisotopic (exact) mass is 556 g/mol. The summed E-state index contributed by atoms with van der Waals surface area (Å²) in [5, 5.41) is 6.10. The molecule has 3 rings (SSSR count). The summed E-state index contributed by atoms with van der Waals surface area (Å²) in [4.78, 5) is 25.2. The molecule has 2 atom stereocenters. The lowest BCUT2D eigenvalue weighted by Gasteiger charge is -2.10. The summed E-state index contributed by atoms with van der Waals surface area (Å²) in [5.74, 6) is -2.54. The van der Waals surface area contributed by atoms with E-state index >= 15 is 0 Å². The van der Waals surface area contributed by atoms with Gasteiger partial charge in [-0.3, -0.25) is 9.59 Å². The van der Waals surface area contributed by atoms with Crippen molar-refractivity contribution >= 4 is 85.3 Å². The van der Waals surface area contributed by atoms with E-state index in [2.05, 4.69) is 10.6 Å². The second-order valence-electron chi connectivity index (χ2n) is 7.40. The van der Waals surface area contributed by atoms with Crippen molar-refractivity contribution in [1.29, 1.82) is 0 Å². The molecule has 1 aliphatic rings. The first kappa shape index (κ1) is 25.4. The fourth-order valence-electron chi connectivity index (χ4n) is 3.26. The van der Waals surface area contributed by atoms with Crippen molar-refractivity contribution in [2.75, 3.05) is 23.9 Å². The molecule has 0 radical (unpaired) electrons. The molecule has 0 bridgehead atoms. The van der Waals surface area contributed by atoms with Gasteiger partial charge >= 0.3 is 0 Å². The maximum Gasteiger partial charge on any atom is 0.252 e. The molecule has 0 unspecified atom stereocenters. The molecule has 2 aromatic rings. The predicted molar refractivity (Wildman–Crippen MR) is 129 cm³/mol. The third kappa shape index (κ3) is 6.01. The van der Waals surface area contributed by atoms with Crippen LogP contribution in [0, 0.1) is 5.92 Å². The van der Waals surface area contributed by atoms with Gasteiger partial charge in [0.15, 0.2) is 0 Å². The van der Waals surface area contributed by atoms with E-state index in [1.165, 1.54) is 18.2 Å². The number of alkyl halides is 2. The van der Waals surface area contributed by atoms with Crippen LogP contribution in [-0.2, 0) is 14.6 Å². The Hall–Kier alpha value is -1.22. The largest absolute Gasteiger partial charge is 0.351 e. The molecule has 0 saturated heterocycles. The number of carbonyl (C=O) groups excluding carboxylic acids is 2. The maximum atomic E-state index is 12.8. The van der Waals surface area contributed by atoms with E-state index < -0.39 is 37.8 Å². The third-order valence-electron chi connectivity index (χ3n) is 4.82. The lowest BCUT2D eigenvalue weighted by atomic mass is 10.1. The van der Waals surface area contributed by atoms with Crippen molar-refractivity contribution in [2.24, 2.45) is 5.92 Å². The van der Waals surface area contributed by atoms with Crippen molar-refractivity contribution in [3.05, 3.63) is 62.6 Å². The summed E-state index contributed by atoms with van der Waals surface area (Å²) in [6.45, 7) is -0.0719. The molecule has 1 saturated carbocycles. The van der Waals surface area contributed by atoms with Crippen molar-refractivity contribution in [2.45, 2.75) is 10.3 Å². The first-order valence-electron chi connectivity index (χ1n) is 9.20. The molecule has 12 heteroatoms. The van der Waals surface area contributed by atoms with Crippen LogP contribution < -0.4 is 10.6 Å². The van der Waals surface area contributed by atoms with E-state index in [-0.39, 0.29) is 22.9 Å². The van der Waals surface area contributed by atoms with Crippen LogP contribution in [0.2, 0.25) is 15.1 Å². The van der Waals surface area contributed by atoms with E-state index in [4.69, 9.17) is 58.0 Å². The zero-order chi connectivity index (χ0) is 23.8.